The number of rotatable bonds is 6. The number of likely N-dealkylation sites (tertiary alicyclic amines) is 1. The third kappa shape index (κ3) is 4.27. The highest BCUT2D eigenvalue weighted by molar-refractivity contribution is 5.78. The van der Waals surface area contributed by atoms with E-state index in [9.17, 15) is 9.59 Å². The molecule has 0 spiro atoms. The number of carbonyl (C=O) groups is 2. The maximum atomic E-state index is 11.5. The number of ether oxygens (including phenoxy) is 1. The number of carboxylic acids is 1. The van der Waals surface area contributed by atoms with Gasteiger partial charge in [0.1, 0.15) is 13.2 Å². The fourth-order valence-corrected chi connectivity index (χ4v) is 2.35. The lowest BCUT2D eigenvalue weighted by atomic mass is 10.0. The number of nitrogens with one attached hydrogen (secondary N) is 1. The molecular formula is C12H20N2O4. The minimum atomic E-state index is -1.06. The van der Waals surface area contributed by atoms with Crippen LogP contribution in [0, 0.1) is 0 Å². The zero-order valence-corrected chi connectivity index (χ0v) is 10.4. The summed E-state index contributed by atoms with van der Waals surface area (Å²) < 4.78 is 4.75. The zero-order chi connectivity index (χ0) is 13.0. The summed E-state index contributed by atoms with van der Waals surface area (Å²) in [6.45, 7) is 1.50. The third-order valence-corrected chi connectivity index (χ3v) is 3.42. The lowest BCUT2D eigenvalue weighted by Gasteiger charge is -2.32. The van der Waals surface area contributed by atoms with Crippen molar-refractivity contribution in [3.05, 3.63) is 0 Å². The molecule has 2 rings (SSSR count). The first-order chi connectivity index (χ1) is 8.65. The van der Waals surface area contributed by atoms with Gasteiger partial charge in [-0.25, -0.2) is 4.79 Å². The van der Waals surface area contributed by atoms with E-state index in [4.69, 9.17) is 9.84 Å². The Labute approximate surface area is 106 Å². The number of piperidine rings is 1. The molecule has 6 nitrogen and oxygen atoms in total. The summed E-state index contributed by atoms with van der Waals surface area (Å²) in [5, 5.41) is 11.3. The van der Waals surface area contributed by atoms with Gasteiger partial charge in [0.05, 0.1) is 0 Å². The van der Waals surface area contributed by atoms with Gasteiger partial charge in [0.25, 0.3) is 0 Å². The third-order valence-electron chi connectivity index (χ3n) is 3.42. The summed E-state index contributed by atoms with van der Waals surface area (Å²) in [7, 11) is 0. The van der Waals surface area contributed by atoms with Gasteiger partial charge in [-0.2, -0.15) is 0 Å². The monoisotopic (exact) mass is 256 g/mol. The molecule has 0 unspecified atom stereocenters. The van der Waals surface area contributed by atoms with Crippen LogP contribution in [0.4, 0.5) is 0 Å². The second kappa shape index (κ2) is 6.15. The van der Waals surface area contributed by atoms with Crippen LogP contribution in [0.2, 0.25) is 0 Å². The Bertz CT molecular complexity index is 309. The van der Waals surface area contributed by atoms with E-state index in [0.717, 1.165) is 32.0 Å². The van der Waals surface area contributed by atoms with Gasteiger partial charge in [-0.3, -0.25) is 4.79 Å². The number of carbonyl (C=O) groups excluding carboxylic acids is 1. The van der Waals surface area contributed by atoms with Crippen molar-refractivity contribution in [2.24, 2.45) is 0 Å². The van der Waals surface area contributed by atoms with Crippen LogP contribution >= 0.6 is 0 Å². The molecule has 18 heavy (non-hydrogen) atoms. The van der Waals surface area contributed by atoms with E-state index in [1.54, 1.807) is 0 Å². The largest absolute Gasteiger partial charge is 0.480 e. The molecule has 0 aromatic carbocycles. The Morgan fingerprint density at radius 1 is 1.17 bits per heavy atom. The second-order valence-electron chi connectivity index (χ2n) is 5.00. The van der Waals surface area contributed by atoms with E-state index in [2.05, 4.69) is 10.2 Å². The van der Waals surface area contributed by atoms with E-state index >= 15 is 0 Å². The van der Waals surface area contributed by atoms with Crippen LogP contribution in [0.1, 0.15) is 25.7 Å². The average molecular weight is 256 g/mol. The number of hydrogen-bond acceptors (Lipinski definition) is 4. The van der Waals surface area contributed by atoms with Gasteiger partial charge in [-0.15, -0.1) is 0 Å². The Morgan fingerprint density at radius 3 is 2.39 bits per heavy atom. The van der Waals surface area contributed by atoms with Crippen molar-refractivity contribution in [3.63, 3.8) is 0 Å². The molecule has 102 valence electrons. The first kappa shape index (κ1) is 13.3. The van der Waals surface area contributed by atoms with Crippen molar-refractivity contribution in [1.29, 1.82) is 0 Å². The maximum Gasteiger partial charge on any atom is 0.329 e. The molecule has 1 saturated carbocycles. The van der Waals surface area contributed by atoms with Gasteiger partial charge in [-0.1, -0.05) is 0 Å². The molecule has 0 bridgehead atoms. The van der Waals surface area contributed by atoms with Crippen LogP contribution in [-0.4, -0.2) is 60.3 Å². The van der Waals surface area contributed by atoms with Gasteiger partial charge in [-0.05, 0) is 25.7 Å². The molecule has 0 radical (unpaired) electrons. The van der Waals surface area contributed by atoms with Crippen molar-refractivity contribution in [2.75, 3.05) is 26.3 Å². The summed E-state index contributed by atoms with van der Waals surface area (Å²) in [4.78, 5) is 24.2. The van der Waals surface area contributed by atoms with Crippen LogP contribution in [0.5, 0.6) is 0 Å². The quantitative estimate of drug-likeness (QED) is 0.690. The van der Waals surface area contributed by atoms with E-state index < -0.39 is 12.6 Å². The number of carboxylic acid groups (broad SMARTS) is 1. The van der Waals surface area contributed by atoms with Gasteiger partial charge in [0.2, 0.25) is 5.91 Å². The molecule has 1 amide bonds. The summed E-state index contributed by atoms with van der Waals surface area (Å²) in [6.07, 6.45) is 4.59. The molecule has 2 aliphatic rings. The zero-order valence-electron chi connectivity index (χ0n) is 10.4. The predicted octanol–water partition coefficient (Wildman–Crippen LogP) is -0.169. The summed E-state index contributed by atoms with van der Waals surface area (Å²) in [5.74, 6) is -1.28. The van der Waals surface area contributed by atoms with E-state index in [0.29, 0.717) is 0 Å². The predicted molar refractivity (Wildman–Crippen MR) is 64.2 cm³/mol. The minimum Gasteiger partial charge on any atom is -0.480 e. The first-order valence-corrected chi connectivity index (χ1v) is 6.48. The molecule has 1 aliphatic carbocycles. The Morgan fingerprint density at radius 2 is 1.83 bits per heavy atom. The van der Waals surface area contributed by atoms with E-state index in [1.165, 1.54) is 12.8 Å². The molecule has 0 aromatic rings. The van der Waals surface area contributed by atoms with Crippen molar-refractivity contribution in [3.8, 4) is 0 Å². The number of hydrogen-bond donors (Lipinski definition) is 2. The molecule has 2 N–H and O–H groups in total. The van der Waals surface area contributed by atoms with Crippen molar-refractivity contribution < 1.29 is 19.4 Å². The summed E-state index contributed by atoms with van der Waals surface area (Å²) in [5.41, 5.74) is 0. The van der Waals surface area contributed by atoms with E-state index in [1.807, 2.05) is 0 Å². The highest BCUT2D eigenvalue weighted by Crippen LogP contribution is 2.29. The second-order valence-corrected chi connectivity index (χ2v) is 5.00. The fraction of sp³-hybridized carbons (Fsp3) is 0.833. The topological polar surface area (TPSA) is 78.9 Å². The van der Waals surface area contributed by atoms with Crippen LogP contribution in [0.15, 0.2) is 0 Å². The minimum absolute atomic E-state index is 0.171. The van der Waals surface area contributed by atoms with Crippen LogP contribution in [0.3, 0.4) is 0 Å². The normalized spacial score (nSPS) is 21.8. The lowest BCUT2D eigenvalue weighted by Crippen LogP contribution is -2.46. The Kier molecular flexibility index (Phi) is 4.54. The summed E-state index contributed by atoms with van der Waals surface area (Å²) >= 11 is 0. The van der Waals surface area contributed by atoms with Crippen LogP contribution < -0.4 is 5.32 Å². The molecule has 1 aliphatic heterocycles. The highest BCUT2D eigenvalue weighted by Gasteiger charge is 2.31. The van der Waals surface area contributed by atoms with Gasteiger partial charge < -0.3 is 20.1 Å². The van der Waals surface area contributed by atoms with Crippen molar-refractivity contribution >= 4 is 11.9 Å². The SMILES string of the molecule is O=C(O)COCC(=O)NC1CCN(C2CC2)CC1. The molecule has 2 fully saturated rings. The van der Waals surface area contributed by atoms with Gasteiger partial charge in [0.15, 0.2) is 0 Å². The molecular weight excluding hydrogens is 236 g/mol. The number of aliphatic carboxylic acids is 1. The molecule has 0 atom stereocenters. The standard InChI is InChI=1S/C12H20N2O4/c15-11(7-18-8-12(16)17)13-9-3-5-14(6-4-9)10-1-2-10/h9-10H,1-8H2,(H,13,15)(H,16,17). The smallest absolute Gasteiger partial charge is 0.329 e. The number of nitrogens with zero attached hydrogens (tertiary/aromatic N) is 1. The fourth-order valence-electron chi connectivity index (χ4n) is 2.35. The lowest BCUT2D eigenvalue weighted by molar-refractivity contribution is -0.143. The van der Waals surface area contributed by atoms with Crippen LogP contribution in [0.25, 0.3) is 0 Å². The first-order valence-electron chi connectivity index (χ1n) is 6.48. The van der Waals surface area contributed by atoms with Crippen molar-refractivity contribution in [1.82, 2.24) is 10.2 Å². The average Bonchev–Trinajstić information content (AvgIpc) is 3.13. The Balaban J connectivity index is 1.58. The van der Waals surface area contributed by atoms with Gasteiger partial charge >= 0.3 is 5.97 Å². The molecule has 0 aromatic heterocycles. The van der Waals surface area contributed by atoms with Crippen LogP contribution in [-0.2, 0) is 14.3 Å². The Hall–Kier alpha value is -1.14. The van der Waals surface area contributed by atoms with Crippen molar-refractivity contribution in [2.45, 2.75) is 37.8 Å². The van der Waals surface area contributed by atoms with Gasteiger partial charge in [0, 0.05) is 25.2 Å². The highest BCUT2D eigenvalue weighted by atomic mass is 16.5. The molecule has 1 heterocycles. The number of amides is 1. The maximum absolute atomic E-state index is 11.5. The summed E-state index contributed by atoms with van der Waals surface area (Å²) in [6, 6.07) is 1.00. The molecule has 6 heteroatoms. The van der Waals surface area contributed by atoms with E-state index in [-0.39, 0.29) is 18.6 Å². The molecule has 1 saturated heterocycles.